The molecule has 0 atom stereocenters. The van der Waals surface area contributed by atoms with Gasteiger partial charge >= 0.3 is 0 Å². The lowest BCUT2D eigenvalue weighted by atomic mass is 10.1. The largest absolute Gasteiger partial charge is 0.399 e. The normalized spacial score (nSPS) is 11.1. The summed E-state index contributed by atoms with van der Waals surface area (Å²) in [7, 11) is 1.59. The van der Waals surface area contributed by atoms with E-state index in [0.717, 1.165) is 24.1 Å². The van der Waals surface area contributed by atoms with Crippen LogP contribution in [0.2, 0.25) is 0 Å². The number of hydrogen-bond acceptors (Lipinski definition) is 2. The first-order chi connectivity index (χ1) is 7.74. The lowest BCUT2D eigenvalue weighted by Crippen LogP contribution is -2.01. The molecule has 0 saturated carbocycles. The maximum Gasteiger partial charge on any atom is 0.106 e. The quantitative estimate of drug-likeness (QED) is 0.418. The van der Waals surface area contributed by atoms with Gasteiger partial charge in [0, 0.05) is 0 Å². The zero-order chi connectivity index (χ0) is 11.8. The molecular weight excluding hydrogens is 198 g/mol. The van der Waals surface area contributed by atoms with Gasteiger partial charge in [0.2, 0.25) is 0 Å². The van der Waals surface area contributed by atoms with Gasteiger partial charge in [0.15, 0.2) is 0 Å². The van der Waals surface area contributed by atoms with Crippen LogP contribution in [0.1, 0.15) is 32.3 Å². The van der Waals surface area contributed by atoms with E-state index in [4.69, 9.17) is 4.84 Å². The molecule has 0 aliphatic heterocycles. The molecule has 0 amide bonds. The number of oxime groups is 1. The predicted molar refractivity (Wildman–Crippen MR) is 68.7 cm³/mol. The Morgan fingerprint density at radius 3 is 2.50 bits per heavy atom. The van der Waals surface area contributed by atoms with Crippen LogP contribution < -0.4 is 0 Å². The van der Waals surface area contributed by atoms with Crippen molar-refractivity contribution < 1.29 is 4.84 Å². The molecule has 2 nitrogen and oxygen atoms in total. The Bertz CT molecular complexity index is 362. The van der Waals surface area contributed by atoms with Gasteiger partial charge in [0.25, 0.3) is 0 Å². The van der Waals surface area contributed by atoms with E-state index in [-0.39, 0.29) is 0 Å². The lowest BCUT2D eigenvalue weighted by molar-refractivity contribution is 0.213. The smallest absolute Gasteiger partial charge is 0.106 e. The molecule has 1 rings (SSSR count). The van der Waals surface area contributed by atoms with Gasteiger partial charge in [-0.1, -0.05) is 47.1 Å². The first-order valence-electron chi connectivity index (χ1n) is 5.53. The average Bonchev–Trinajstić information content (AvgIpc) is 2.29. The SMILES string of the molecule is CON=C(CCC=C(C)C)c1ccccc1. The van der Waals surface area contributed by atoms with Gasteiger partial charge in [-0.3, -0.25) is 0 Å². The summed E-state index contributed by atoms with van der Waals surface area (Å²) in [6, 6.07) is 10.1. The van der Waals surface area contributed by atoms with Crippen LogP contribution in [0.4, 0.5) is 0 Å². The van der Waals surface area contributed by atoms with Crippen molar-refractivity contribution in [2.24, 2.45) is 5.16 Å². The number of allylic oxidation sites excluding steroid dienone is 2. The number of benzene rings is 1. The fourth-order valence-corrected chi connectivity index (χ4v) is 1.48. The molecule has 86 valence electrons. The Labute approximate surface area is 97.6 Å². The van der Waals surface area contributed by atoms with Crippen LogP contribution in [0, 0.1) is 0 Å². The lowest BCUT2D eigenvalue weighted by Gasteiger charge is -2.04. The molecule has 0 aliphatic rings. The Balaban J connectivity index is 2.70. The van der Waals surface area contributed by atoms with Gasteiger partial charge in [0.05, 0.1) is 5.71 Å². The Kier molecular flexibility index (Phi) is 5.34. The highest BCUT2D eigenvalue weighted by Crippen LogP contribution is 2.08. The summed E-state index contributed by atoms with van der Waals surface area (Å²) in [5, 5.41) is 4.08. The van der Waals surface area contributed by atoms with Crippen molar-refractivity contribution in [2.75, 3.05) is 7.11 Å². The van der Waals surface area contributed by atoms with Gasteiger partial charge in [-0.2, -0.15) is 0 Å². The fourth-order valence-electron chi connectivity index (χ4n) is 1.48. The summed E-state index contributed by atoms with van der Waals surface area (Å²) in [6.45, 7) is 4.21. The molecule has 16 heavy (non-hydrogen) atoms. The summed E-state index contributed by atoms with van der Waals surface area (Å²) in [6.07, 6.45) is 4.12. The van der Waals surface area contributed by atoms with Crippen molar-refractivity contribution in [1.82, 2.24) is 0 Å². The minimum Gasteiger partial charge on any atom is -0.399 e. The molecule has 0 saturated heterocycles. The zero-order valence-corrected chi connectivity index (χ0v) is 10.2. The highest BCUT2D eigenvalue weighted by Gasteiger charge is 2.02. The Hall–Kier alpha value is -1.57. The van der Waals surface area contributed by atoms with E-state index in [1.807, 2.05) is 18.2 Å². The van der Waals surface area contributed by atoms with Crippen molar-refractivity contribution >= 4 is 5.71 Å². The predicted octanol–water partition coefficient (Wildman–Crippen LogP) is 3.78. The van der Waals surface area contributed by atoms with E-state index in [1.165, 1.54) is 5.57 Å². The van der Waals surface area contributed by atoms with Gasteiger partial charge in [-0.25, -0.2) is 0 Å². The topological polar surface area (TPSA) is 21.6 Å². The Morgan fingerprint density at radius 2 is 1.94 bits per heavy atom. The fraction of sp³-hybridized carbons (Fsp3) is 0.357. The van der Waals surface area contributed by atoms with Crippen LogP contribution >= 0.6 is 0 Å². The highest BCUT2D eigenvalue weighted by atomic mass is 16.6. The number of nitrogens with zero attached hydrogens (tertiary/aromatic N) is 1. The van der Waals surface area contributed by atoms with E-state index in [1.54, 1.807) is 7.11 Å². The molecule has 0 aromatic heterocycles. The first kappa shape index (κ1) is 12.5. The van der Waals surface area contributed by atoms with Gasteiger partial charge < -0.3 is 4.84 Å². The van der Waals surface area contributed by atoms with Gasteiger partial charge in [-0.15, -0.1) is 0 Å². The Morgan fingerprint density at radius 1 is 1.25 bits per heavy atom. The molecular formula is C14H19NO. The standard InChI is InChI=1S/C14H19NO/c1-12(2)8-7-11-14(15-16-3)13-9-5-4-6-10-13/h4-6,8-10H,7,11H2,1-3H3. The van der Waals surface area contributed by atoms with E-state index in [0.29, 0.717) is 0 Å². The van der Waals surface area contributed by atoms with Gasteiger partial charge in [-0.05, 0) is 32.3 Å². The summed E-state index contributed by atoms with van der Waals surface area (Å²) < 4.78 is 0. The summed E-state index contributed by atoms with van der Waals surface area (Å²) in [5.41, 5.74) is 3.47. The molecule has 1 aromatic carbocycles. The van der Waals surface area contributed by atoms with Crippen LogP contribution in [0.25, 0.3) is 0 Å². The van der Waals surface area contributed by atoms with Crippen LogP contribution in [0.5, 0.6) is 0 Å². The number of hydrogen-bond donors (Lipinski definition) is 0. The van der Waals surface area contributed by atoms with Crippen LogP contribution in [0.3, 0.4) is 0 Å². The van der Waals surface area contributed by atoms with E-state index in [2.05, 4.69) is 37.2 Å². The number of rotatable bonds is 5. The van der Waals surface area contributed by atoms with Crippen LogP contribution in [0.15, 0.2) is 47.1 Å². The summed E-state index contributed by atoms with van der Waals surface area (Å²) in [5.74, 6) is 0. The van der Waals surface area contributed by atoms with Crippen molar-refractivity contribution in [3.05, 3.63) is 47.5 Å². The molecule has 0 bridgehead atoms. The van der Waals surface area contributed by atoms with Crippen molar-refractivity contribution in [2.45, 2.75) is 26.7 Å². The second kappa shape index (κ2) is 6.83. The van der Waals surface area contributed by atoms with Crippen molar-refractivity contribution in [3.8, 4) is 0 Å². The molecule has 0 heterocycles. The molecule has 0 radical (unpaired) electrons. The van der Waals surface area contributed by atoms with Crippen molar-refractivity contribution in [3.63, 3.8) is 0 Å². The molecule has 2 heteroatoms. The monoisotopic (exact) mass is 217 g/mol. The first-order valence-corrected chi connectivity index (χ1v) is 5.53. The third-order valence-corrected chi connectivity index (χ3v) is 2.24. The van der Waals surface area contributed by atoms with E-state index >= 15 is 0 Å². The molecule has 0 fully saturated rings. The van der Waals surface area contributed by atoms with Crippen molar-refractivity contribution in [1.29, 1.82) is 0 Å². The summed E-state index contributed by atoms with van der Waals surface area (Å²) >= 11 is 0. The van der Waals surface area contributed by atoms with E-state index < -0.39 is 0 Å². The second-order valence-electron chi connectivity index (χ2n) is 3.91. The third-order valence-electron chi connectivity index (χ3n) is 2.24. The minimum atomic E-state index is 0.906. The van der Waals surface area contributed by atoms with Crippen LogP contribution in [-0.4, -0.2) is 12.8 Å². The van der Waals surface area contributed by atoms with Crippen LogP contribution in [-0.2, 0) is 4.84 Å². The average molecular weight is 217 g/mol. The molecule has 1 aromatic rings. The molecule has 0 aliphatic carbocycles. The molecule has 0 N–H and O–H groups in total. The van der Waals surface area contributed by atoms with E-state index in [9.17, 15) is 0 Å². The zero-order valence-electron chi connectivity index (χ0n) is 10.2. The minimum absolute atomic E-state index is 0.906. The maximum atomic E-state index is 4.88. The molecule has 0 unspecified atom stereocenters. The van der Waals surface area contributed by atoms with Gasteiger partial charge in [0.1, 0.15) is 7.11 Å². The highest BCUT2D eigenvalue weighted by molar-refractivity contribution is 6.00. The molecule has 0 spiro atoms. The maximum absolute atomic E-state index is 4.88. The second-order valence-corrected chi connectivity index (χ2v) is 3.91. The summed E-state index contributed by atoms with van der Waals surface area (Å²) in [4.78, 5) is 4.88. The third kappa shape index (κ3) is 4.30.